The number of nitrogens with one attached hydrogen (secondary N) is 1. The number of piperazine rings is 1. The van der Waals surface area contributed by atoms with Gasteiger partial charge in [0.05, 0.1) is 16.7 Å². The van der Waals surface area contributed by atoms with Crippen LogP contribution >= 0.6 is 39.9 Å². The highest BCUT2D eigenvalue weighted by molar-refractivity contribution is 14.0. The van der Waals surface area contributed by atoms with Crippen LogP contribution in [0.5, 0.6) is 0 Å². The first-order chi connectivity index (χ1) is 13.1. The monoisotopic (exact) mass is 561 g/mol. The largest absolute Gasteiger partial charge is 0.351 e. The van der Waals surface area contributed by atoms with Gasteiger partial charge >= 0.3 is 0 Å². The molecule has 3 rings (SSSR count). The number of hydrogen-bond acceptors (Lipinski definition) is 3. The second kappa shape index (κ2) is 11.1. The fraction of sp³-hybridized carbons (Fsp3) is 0.400. The predicted molar refractivity (Wildman–Crippen MR) is 126 cm³/mol. The Balaban J connectivity index is 0.00000280. The van der Waals surface area contributed by atoms with Crippen molar-refractivity contribution in [3.63, 3.8) is 0 Å². The van der Waals surface area contributed by atoms with Crippen LogP contribution in [0.2, 0.25) is 0 Å². The number of nitrogens with zero attached hydrogens (tertiary/aromatic N) is 4. The molecule has 0 radical (unpaired) electrons. The maximum atomic E-state index is 13.7. The summed E-state index contributed by atoms with van der Waals surface area (Å²) in [6.45, 7) is 7.10. The number of hydrogen-bond donors (Lipinski definition) is 1. The minimum absolute atomic E-state index is 0. The van der Waals surface area contributed by atoms with Crippen LogP contribution in [-0.2, 0) is 13.1 Å². The van der Waals surface area contributed by atoms with Gasteiger partial charge in [0.1, 0.15) is 5.82 Å². The summed E-state index contributed by atoms with van der Waals surface area (Å²) in [6.07, 6.45) is 1.82. The normalized spacial score (nSPS) is 15.3. The molecule has 1 aliphatic rings. The van der Waals surface area contributed by atoms with Crippen molar-refractivity contribution in [3.8, 4) is 0 Å². The standard InChI is InChI=1S/C20H25BrFN5.HI/c1-15-4-3-7-24-19(15)13-25-20(23-2)27-10-8-26(9-11-27)14-16-5-6-17(21)18(22)12-16;/h3-7,12H,8-11,13-14H2,1-2H3,(H,23,25);1H. The second-order valence-corrected chi connectivity index (χ2v) is 7.53. The zero-order valence-electron chi connectivity index (χ0n) is 16.2. The molecule has 2 heterocycles. The molecule has 0 saturated carbocycles. The molecule has 0 atom stereocenters. The third-order valence-electron chi connectivity index (χ3n) is 4.81. The van der Waals surface area contributed by atoms with Gasteiger partial charge in [-0.3, -0.25) is 14.9 Å². The third-order valence-corrected chi connectivity index (χ3v) is 5.45. The molecule has 0 amide bonds. The van der Waals surface area contributed by atoms with Crippen molar-refractivity contribution >= 4 is 45.9 Å². The van der Waals surface area contributed by atoms with Crippen LogP contribution in [0.4, 0.5) is 4.39 Å². The summed E-state index contributed by atoms with van der Waals surface area (Å²) in [6, 6.07) is 9.36. The maximum Gasteiger partial charge on any atom is 0.194 e. The lowest BCUT2D eigenvalue weighted by Crippen LogP contribution is -2.52. The first-order valence-corrected chi connectivity index (χ1v) is 9.88. The average molecular weight is 562 g/mol. The number of aryl methyl sites for hydroxylation is 1. The van der Waals surface area contributed by atoms with Crippen molar-refractivity contribution in [1.82, 2.24) is 20.1 Å². The minimum Gasteiger partial charge on any atom is -0.351 e. The van der Waals surface area contributed by atoms with Crippen LogP contribution in [0.25, 0.3) is 0 Å². The van der Waals surface area contributed by atoms with Crippen molar-refractivity contribution < 1.29 is 4.39 Å². The van der Waals surface area contributed by atoms with Crippen molar-refractivity contribution in [2.45, 2.75) is 20.0 Å². The maximum absolute atomic E-state index is 13.7. The van der Waals surface area contributed by atoms with Crippen molar-refractivity contribution in [2.75, 3.05) is 33.2 Å². The number of pyridine rings is 1. The molecule has 0 aliphatic carbocycles. The molecule has 28 heavy (non-hydrogen) atoms. The van der Waals surface area contributed by atoms with E-state index >= 15 is 0 Å². The van der Waals surface area contributed by atoms with Gasteiger partial charge in [-0.15, -0.1) is 24.0 Å². The van der Waals surface area contributed by atoms with Crippen LogP contribution in [0.15, 0.2) is 46.0 Å². The highest BCUT2D eigenvalue weighted by atomic mass is 127. The van der Waals surface area contributed by atoms with Crippen molar-refractivity contribution in [1.29, 1.82) is 0 Å². The van der Waals surface area contributed by atoms with Crippen LogP contribution in [-0.4, -0.2) is 54.0 Å². The Kier molecular flexibility index (Phi) is 9.10. The fourth-order valence-corrected chi connectivity index (χ4v) is 3.46. The van der Waals surface area contributed by atoms with Gasteiger partial charge in [-0.25, -0.2) is 4.39 Å². The molecule has 0 bridgehead atoms. The number of halogens is 3. The quantitative estimate of drug-likeness (QED) is 0.350. The van der Waals surface area contributed by atoms with Crippen LogP contribution < -0.4 is 5.32 Å². The average Bonchev–Trinajstić information content (AvgIpc) is 2.68. The molecule has 1 aromatic heterocycles. The van der Waals surface area contributed by atoms with Crippen molar-refractivity contribution in [2.24, 2.45) is 4.99 Å². The first kappa shape index (κ1) is 23.0. The van der Waals surface area contributed by atoms with Gasteiger partial charge in [0.2, 0.25) is 0 Å². The van der Waals surface area contributed by atoms with Crippen molar-refractivity contribution in [3.05, 3.63) is 63.6 Å². The van der Waals surface area contributed by atoms with E-state index in [1.807, 2.05) is 25.4 Å². The summed E-state index contributed by atoms with van der Waals surface area (Å²) in [5, 5.41) is 3.41. The summed E-state index contributed by atoms with van der Waals surface area (Å²) < 4.78 is 14.2. The number of aliphatic imine (C=N–C) groups is 1. The van der Waals surface area contributed by atoms with Gasteiger partial charge in [-0.05, 0) is 52.2 Å². The van der Waals surface area contributed by atoms with E-state index in [2.05, 4.69) is 54.0 Å². The van der Waals surface area contributed by atoms with Gasteiger partial charge in [0, 0.05) is 46.0 Å². The predicted octanol–water partition coefficient (Wildman–Crippen LogP) is 3.80. The Morgan fingerprint density at radius 1 is 1.25 bits per heavy atom. The van der Waals surface area contributed by atoms with Gasteiger partial charge in [0.15, 0.2) is 5.96 Å². The Morgan fingerprint density at radius 2 is 2.00 bits per heavy atom. The molecule has 0 spiro atoms. The van der Waals surface area contributed by atoms with Gasteiger partial charge in [0.25, 0.3) is 0 Å². The Hall–Kier alpha value is -1.26. The second-order valence-electron chi connectivity index (χ2n) is 6.68. The molecular formula is C20H26BrFIN5. The zero-order valence-corrected chi connectivity index (χ0v) is 20.1. The molecular weight excluding hydrogens is 536 g/mol. The third kappa shape index (κ3) is 6.12. The van der Waals surface area contributed by atoms with E-state index in [9.17, 15) is 4.39 Å². The molecule has 2 aromatic rings. The summed E-state index contributed by atoms with van der Waals surface area (Å²) in [5.41, 5.74) is 3.21. The Morgan fingerprint density at radius 3 is 2.64 bits per heavy atom. The SMILES string of the molecule is CN=C(NCc1ncccc1C)N1CCN(Cc2ccc(Br)c(F)c2)CC1.I. The van der Waals surface area contributed by atoms with E-state index in [0.29, 0.717) is 11.0 Å². The fourth-order valence-electron chi connectivity index (χ4n) is 3.21. The van der Waals surface area contributed by atoms with E-state index in [-0.39, 0.29) is 29.8 Å². The summed E-state index contributed by atoms with van der Waals surface area (Å²) in [7, 11) is 1.81. The van der Waals surface area contributed by atoms with Gasteiger partial charge in [-0.2, -0.15) is 0 Å². The highest BCUT2D eigenvalue weighted by Crippen LogP contribution is 2.18. The smallest absolute Gasteiger partial charge is 0.194 e. The molecule has 1 aromatic carbocycles. The number of aromatic nitrogens is 1. The number of rotatable bonds is 4. The first-order valence-electron chi connectivity index (χ1n) is 9.09. The lowest BCUT2D eigenvalue weighted by Gasteiger charge is -2.36. The molecule has 0 unspecified atom stereocenters. The van der Waals surface area contributed by atoms with E-state index in [4.69, 9.17) is 0 Å². The van der Waals surface area contributed by atoms with E-state index in [1.165, 1.54) is 5.56 Å². The Bertz CT molecular complexity index is 809. The van der Waals surface area contributed by atoms with E-state index in [1.54, 1.807) is 12.1 Å². The molecule has 1 aliphatic heterocycles. The molecule has 5 nitrogen and oxygen atoms in total. The number of benzene rings is 1. The lowest BCUT2D eigenvalue weighted by molar-refractivity contribution is 0.172. The number of guanidine groups is 1. The molecule has 1 fully saturated rings. The summed E-state index contributed by atoms with van der Waals surface area (Å²) in [5.74, 6) is 0.690. The van der Waals surface area contributed by atoms with E-state index < -0.39 is 0 Å². The van der Waals surface area contributed by atoms with E-state index in [0.717, 1.165) is 49.9 Å². The lowest BCUT2D eigenvalue weighted by atomic mass is 10.2. The highest BCUT2D eigenvalue weighted by Gasteiger charge is 2.20. The Labute approximate surface area is 191 Å². The molecule has 8 heteroatoms. The van der Waals surface area contributed by atoms with Gasteiger partial charge in [-0.1, -0.05) is 12.1 Å². The molecule has 152 valence electrons. The topological polar surface area (TPSA) is 43.8 Å². The van der Waals surface area contributed by atoms with Gasteiger partial charge < -0.3 is 10.2 Å². The molecule has 1 saturated heterocycles. The minimum atomic E-state index is -0.208. The van der Waals surface area contributed by atoms with Crippen LogP contribution in [0.1, 0.15) is 16.8 Å². The van der Waals surface area contributed by atoms with Crippen LogP contribution in [0, 0.1) is 12.7 Å². The van der Waals surface area contributed by atoms with Crippen LogP contribution in [0.3, 0.4) is 0 Å². The molecule has 1 N–H and O–H groups in total. The summed E-state index contributed by atoms with van der Waals surface area (Å²) in [4.78, 5) is 13.4. The summed E-state index contributed by atoms with van der Waals surface area (Å²) >= 11 is 3.20. The zero-order chi connectivity index (χ0) is 19.2.